The lowest BCUT2D eigenvalue weighted by molar-refractivity contribution is 0.0585. The number of likely N-dealkylation sites (tertiary alicyclic amines) is 2. The molecule has 4 saturated heterocycles. The van der Waals surface area contributed by atoms with Gasteiger partial charge in [0, 0.05) is 69.7 Å². The number of anilines is 1. The van der Waals surface area contributed by atoms with Crippen LogP contribution in [0.3, 0.4) is 0 Å². The number of benzene rings is 1. The van der Waals surface area contributed by atoms with Crippen LogP contribution in [0, 0.1) is 6.92 Å². The van der Waals surface area contributed by atoms with Crippen LogP contribution < -0.4 is 4.90 Å². The maximum Gasteiger partial charge on any atom is 0.344 e. The van der Waals surface area contributed by atoms with Gasteiger partial charge in [-0.15, -0.1) is 0 Å². The Balaban J connectivity index is 1.15. The maximum absolute atomic E-state index is 13.0. The van der Waals surface area contributed by atoms with Crippen molar-refractivity contribution < 1.29 is 9.59 Å². The minimum atomic E-state index is -0.126. The van der Waals surface area contributed by atoms with Crippen LogP contribution in [0.1, 0.15) is 67.1 Å². The number of ketones is 1. The van der Waals surface area contributed by atoms with Crippen molar-refractivity contribution in [3.05, 3.63) is 47.3 Å². The number of piperidine rings is 1. The molecule has 4 fully saturated rings. The van der Waals surface area contributed by atoms with Crippen LogP contribution in [0.15, 0.2) is 30.5 Å². The highest BCUT2D eigenvalue weighted by molar-refractivity contribution is 5.92. The van der Waals surface area contributed by atoms with Crippen molar-refractivity contribution in [2.75, 3.05) is 50.7 Å². The van der Waals surface area contributed by atoms with Crippen molar-refractivity contribution in [3.63, 3.8) is 0 Å². The molecule has 1 spiro atoms. The highest BCUT2D eigenvalue weighted by atomic mass is 16.2. The van der Waals surface area contributed by atoms with Gasteiger partial charge < -0.3 is 9.80 Å². The van der Waals surface area contributed by atoms with E-state index in [0.29, 0.717) is 11.7 Å². The minimum Gasteiger partial charge on any atom is -0.368 e. The lowest BCUT2D eigenvalue weighted by Gasteiger charge is -2.45. The summed E-state index contributed by atoms with van der Waals surface area (Å²) in [5, 5.41) is 4.18. The predicted octanol–water partition coefficient (Wildman–Crippen LogP) is 3.78. The molecule has 4 aliphatic rings. The van der Waals surface area contributed by atoms with Crippen LogP contribution in [0.25, 0.3) is 0 Å². The average molecular weight is 505 g/mol. The van der Waals surface area contributed by atoms with E-state index in [1.54, 1.807) is 12.3 Å². The molecule has 8 heteroatoms. The van der Waals surface area contributed by atoms with Gasteiger partial charge in [-0.2, -0.15) is 9.78 Å². The van der Waals surface area contributed by atoms with E-state index in [0.717, 1.165) is 52.1 Å². The summed E-state index contributed by atoms with van der Waals surface area (Å²) < 4.78 is 1.32. The maximum atomic E-state index is 13.0. The van der Waals surface area contributed by atoms with E-state index < -0.39 is 0 Å². The van der Waals surface area contributed by atoms with E-state index in [1.165, 1.54) is 67.2 Å². The van der Waals surface area contributed by atoms with E-state index >= 15 is 0 Å². The number of aryl methyl sites for hydroxylation is 1. The Morgan fingerprint density at radius 3 is 2.62 bits per heavy atom. The molecule has 0 saturated carbocycles. The van der Waals surface area contributed by atoms with Gasteiger partial charge in [0.1, 0.15) is 5.69 Å². The third kappa shape index (κ3) is 4.70. The molecule has 37 heavy (non-hydrogen) atoms. The van der Waals surface area contributed by atoms with Gasteiger partial charge in [-0.1, -0.05) is 12.1 Å². The molecule has 4 aliphatic heterocycles. The smallest absolute Gasteiger partial charge is 0.344 e. The van der Waals surface area contributed by atoms with Gasteiger partial charge in [0.25, 0.3) is 0 Å². The van der Waals surface area contributed by atoms with Crippen LogP contribution in [-0.4, -0.2) is 93.7 Å². The van der Waals surface area contributed by atoms with E-state index in [2.05, 4.69) is 44.9 Å². The Kier molecular flexibility index (Phi) is 6.57. The average Bonchev–Trinajstić information content (AvgIpc) is 3.65. The van der Waals surface area contributed by atoms with Gasteiger partial charge in [-0.05, 0) is 81.8 Å². The monoisotopic (exact) mass is 504 g/mol. The van der Waals surface area contributed by atoms with E-state index in [9.17, 15) is 9.59 Å². The number of piperazine rings is 1. The molecule has 1 amide bonds. The first-order chi connectivity index (χ1) is 17.9. The van der Waals surface area contributed by atoms with Crippen LogP contribution >= 0.6 is 0 Å². The van der Waals surface area contributed by atoms with Gasteiger partial charge >= 0.3 is 6.03 Å². The molecule has 0 aliphatic carbocycles. The summed E-state index contributed by atoms with van der Waals surface area (Å²) in [6, 6.07) is 9.25. The molecule has 1 atom stereocenters. The Hall–Kier alpha value is -2.71. The predicted molar refractivity (Wildman–Crippen MR) is 144 cm³/mol. The zero-order valence-corrected chi connectivity index (χ0v) is 22.4. The quantitative estimate of drug-likeness (QED) is 0.591. The largest absolute Gasteiger partial charge is 0.368 e. The summed E-state index contributed by atoms with van der Waals surface area (Å²) in [7, 11) is 0. The first kappa shape index (κ1) is 24.6. The third-order valence-corrected chi connectivity index (χ3v) is 9.38. The minimum absolute atomic E-state index is 0.119. The Morgan fingerprint density at radius 1 is 1.00 bits per heavy atom. The number of carbonyl (C=O) groups excluding carboxylic acids is 2. The highest BCUT2D eigenvalue weighted by Crippen LogP contribution is 2.41. The van der Waals surface area contributed by atoms with Crippen LogP contribution in [-0.2, 0) is 6.54 Å². The first-order valence-electron chi connectivity index (χ1n) is 14.1. The summed E-state index contributed by atoms with van der Waals surface area (Å²) in [6.07, 6.45) is 8.67. The molecular formula is C29H40N6O2. The fourth-order valence-corrected chi connectivity index (χ4v) is 7.20. The van der Waals surface area contributed by atoms with Gasteiger partial charge in [0.2, 0.25) is 0 Å². The number of rotatable bonds is 4. The molecule has 0 radical (unpaired) electrons. The summed E-state index contributed by atoms with van der Waals surface area (Å²) in [5.41, 5.74) is 4.72. The van der Waals surface area contributed by atoms with Crippen molar-refractivity contribution in [3.8, 4) is 0 Å². The van der Waals surface area contributed by atoms with Crippen LogP contribution in [0.5, 0.6) is 0 Å². The number of hydrogen-bond donors (Lipinski definition) is 0. The number of aromatic nitrogens is 2. The van der Waals surface area contributed by atoms with Crippen molar-refractivity contribution in [2.24, 2.45) is 0 Å². The standard InChI is InChI=1S/C29H40N6O2/c1-22-6-7-24(27(19-22)33-18-17-31-12-3-5-25(31)21-33)20-34-13-4-9-29(34)10-15-32(16-11-29)28(37)35-14-8-26(30-35)23(2)36/h6-8,14,19,25H,3-5,9-13,15-18,20-21H2,1-2H3/t25-/m0/s1. The summed E-state index contributed by atoms with van der Waals surface area (Å²) in [5.74, 6) is -0.119. The van der Waals surface area contributed by atoms with E-state index in [4.69, 9.17) is 0 Å². The zero-order valence-electron chi connectivity index (χ0n) is 22.4. The van der Waals surface area contributed by atoms with E-state index in [1.807, 2.05) is 4.90 Å². The molecule has 8 nitrogen and oxygen atoms in total. The lowest BCUT2D eigenvalue weighted by Crippen LogP contribution is -2.54. The normalized spacial score (nSPS) is 24.1. The van der Waals surface area contributed by atoms with Gasteiger partial charge in [0.05, 0.1) is 0 Å². The molecule has 2 aromatic rings. The molecule has 0 N–H and O–H groups in total. The molecule has 1 aromatic heterocycles. The summed E-state index contributed by atoms with van der Waals surface area (Å²) >= 11 is 0. The second-order valence-corrected chi connectivity index (χ2v) is 11.6. The fourth-order valence-electron chi connectivity index (χ4n) is 7.20. The van der Waals surface area contributed by atoms with Crippen molar-refractivity contribution >= 4 is 17.5 Å². The number of nitrogens with zero attached hydrogens (tertiary/aromatic N) is 6. The van der Waals surface area contributed by atoms with Crippen molar-refractivity contribution in [1.82, 2.24) is 24.5 Å². The molecule has 5 heterocycles. The number of amides is 1. The van der Waals surface area contributed by atoms with Gasteiger partial charge in [0.15, 0.2) is 5.78 Å². The number of fused-ring (bicyclic) bond motifs is 1. The molecular weight excluding hydrogens is 464 g/mol. The Labute approximate surface area is 220 Å². The molecule has 0 bridgehead atoms. The van der Waals surface area contributed by atoms with Crippen molar-refractivity contribution in [1.29, 1.82) is 0 Å². The Morgan fingerprint density at radius 2 is 1.84 bits per heavy atom. The number of hydrogen-bond acceptors (Lipinski definition) is 6. The summed E-state index contributed by atoms with van der Waals surface area (Å²) in [4.78, 5) is 34.6. The topological polar surface area (TPSA) is 64.9 Å². The molecule has 0 unspecified atom stereocenters. The molecule has 6 rings (SSSR count). The van der Waals surface area contributed by atoms with Crippen LogP contribution in [0.2, 0.25) is 0 Å². The Bertz CT molecular complexity index is 1170. The highest BCUT2D eigenvalue weighted by Gasteiger charge is 2.44. The zero-order chi connectivity index (χ0) is 25.6. The van der Waals surface area contributed by atoms with E-state index in [-0.39, 0.29) is 17.4 Å². The molecule has 1 aromatic carbocycles. The second-order valence-electron chi connectivity index (χ2n) is 11.6. The third-order valence-electron chi connectivity index (χ3n) is 9.38. The molecule has 198 valence electrons. The second kappa shape index (κ2) is 9.87. The number of carbonyl (C=O) groups is 2. The SMILES string of the molecule is CC(=O)c1ccn(C(=O)N2CCC3(CCCN3Cc3ccc(C)cc3N3CCN4CCC[C@H]4C3)CC2)n1. The fraction of sp³-hybridized carbons (Fsp3) is 0.621. The summed E-state index contributed by atoms with van der Waals surface area (Å²) in [6.45, 7) is 12.0. The lowest BCUT2D eigenvalue weighted by atomic mass is 9.84. The first-order valence-corrected chi connectivity index (χ1v) is 14.1. The van der Waals surface area contributed by atoms with Gasteiger partial charge in [-0.25, -0.2) is 4.79 Å². The number of Topliss-reactive ketones (excluding diaryl/α,β-unsaturated/α-hetero) is 1. The van der Waals surface area contributed by atoms with Crippen LogP contribution in [0.4, 0.5) is 10.5 Å². The van der Waals surface area contributed by atoms with Gasteiger partial charge in [-0.3, -0.25) is 14.6 Å². The van der Waals surface area contributed by atoms with Crippen molar-refractivity contribution in [2.45, 2.75) is 70.5 Å².